The molecular formula is C8H16O6. The predicted molar refractivity (Wildman–Crippen MR) is 45.4 cm³/mol. The molecule has 0 aromatic heterocycles. The van der Waals surface area contributed by atoms with Crippen LogP contribution < -0.4 is 0 Å². The van der Waals surface area contributed by atoms with E-state index in [-0.39, 0.29) is 6.61 Å². The summed E-state index contributed by atoms with van der Waals surface area (Å²) in [5.74, 6) is -1.61. The van der Waals surface area contributed by atoms with Gasteiger partial charge >= 0.3 is 0 Å². The van der Waals surface area contributed by atoms with Crippen molar-refractivity contribution in [1.29, 1.82) is 0 Å². The van der Waals surface area contributed by atoms with E-state index in [2.05, 4.69) is 0 Å². The standard InChI is InChI=1S/C8H16O6/c1-2-13-8(4-10)7(12)6(11)5(3-9)14-8/h5-7,9-12H,2-4H2,1H3/t5-,6-,7+,8?/m1/s1. The molecule has 0 aromatic rings. The first-order valence-electron chi connectivity index (χ1n) is 4.51. The van der Waals surface area contributed by atoms with Gasteiger partial charge in [-0.3, -0.25) is 0 Å². The minimum absolute atomic E-state index is 0.225. The molecule has 1 saturated heterocycles. The van der Waals surface area contributed by atoms with Gasteiger partial charge in [-0.1, -0.05) is 0 Å². The van der Waals surface area contributed by atoms with Gasteiger partial charge in [-0.25, -0.2) is 0 Å². The van der Waals surface area contributed by atoms with Crippen LogP contribution in [0.5, 0.6) is 0 Å². The summed E-state index contributed by atoms with van der Waals surface area (Å²) in [5.41, 5.74) is 0. The monoisotopic (exact) mass is 208 g/mol. The zero-order valence-electron chi connectivity index (χ0n) is 7.96. The molecule has 0 radical (unpaired) electrons. The quantitative estimate of drug-likeness (QED) is 0.419. The lowest BCUT2D eigenvalue weighted by Crippen LogP contribution is -2.48. The molecule has 4 N–H and O–H groups in total. The minimum atomic E-state index is -1.61. The number of rotatable bonds is 4. The molecule has 1 aliphatic heterocycles. The zero-order chi connectivity index (χ0) is 10.8. The SMILES string of the molecule is CCOC1(CO)O[C@H](CO)[C@@H](O)[C@@H]1O. The minimum Gasteiger partial charge on any atom is -0.394 e. The van der Waals surface area contributed by atoms with Crippen molar-refractivity contribution in [3.8, 4) is 0 Å². The fourth-order valence-electron chi connectivity index (χ4n) is 1.54. The number of aliphatic hydroxyl groups is 4. The summed E-state index contributed by atoms with van der Waals surface area (Å²) in [5, 5.41) is 36.9. The summed E-state index contributed by atoms with van der Waals surface area (Å²) in [6.45, 7) is 0.886. The van der Waals surface area contributed by atoms with Crippen molar-refractivity contribution in [1.82, 2.24) is 0 Å². The van der Waals surface area contributed by atoms with Crippen molar-refractivity contribution in [3.63, 3.8) is 0 Å². The van der Waals surface area contributed by atoms with E-state index in [0.29, 0.717) is 0 Å². The average Bonchev–Trinajstić information content (AvgIpc) is 2.44. The fraction of sp³-hybridized carbons (Fsp3) is 1.00. The zero-order valence-corrected chi connectivity index (χ0v) is 7.96. The first kappa shape index (κ1) is 11.8. The Morgan fingerprint density at radius 3 is 2.36 bits per heavy atom. The topological polar surface area (TPSA) is 99.4 Å². The summed E-state index contributed by atoms with van der Waals surface area (Å²) in [6, 6.07) is 0. The van der Waals surface area contributed by atoms with E-state index in [1.54, 1.807) is 6.92 Å². The van der Waals surface area contributed by atoms with Gasteiger partial charge in [0.2, 0.25) is 5.79 Å². The average molecular weight is 208 g/mol. The van der Waals surface area contributed by atoms with Crippen LogP contribution in [0.25, 0.3) is 0 Å². The van der Waals surface area contributed by atoms with Crippen LogP contribution in [0.1, 0.15) is 6.92 Å². The Morgan fingerprint density at radius 2 is 2.00 bits per heavy atom. The maximum absolute atomic E-state index is 9.57. The first-order valence-corrected chi connectivity index (χ1v) is 4.51. The van der Waals surface area contributed by atoms with E-state index in [0.717, 1.165) is 0 Å². The molecular weight excluding hydrogens is 192 g/mol. The molecule has 1 aliphatic rings. The van der Waals surface area contributed by atoms with Crippen LogP contribution in [0.3, 0.4) is 0 Å². The van der Waals surface area contributed by atoms with E-state index in [4.69, 9.17) is 19.7 Å². The summed E-state index contributed by atoms with van der Waals surface area (Å²) >= 11 is 0. The molecule has 0 aliphatic carbocycles. The Bertz CT molecular complexity index is 187. The normalized spacial score (nSPS) is 43.1. The molecule has 6 nitrogen and oxygen atoms in total. The van der Waals surface area contributed by atoms with Gasteiger partial charge in [0.05, 0.1) is 6.61 Å². The van der Waals surface area contributed by atoms with E-state index in [1.165, 1.54) is 0 Å². The Morgan fingerprint density at radius 1 is 1.36 bits per heavy atom. The van der Waals surface area contributed by atoms with Gasteiger partial charge in [-0.2, -0.15) is 0 Å². The second-order valence-corrected chi connectivity index (χ2v) is 3.18. The molecule has 6 heteroatoms. The lowest BCUT2D eigenvalue weighted by Gasteiger charge is -2.29. The maximum Gasteiger partial charge on any atom is 0.221 e. The van der Waals surface area contributed by atoms with E-state index < -0.39 is 37.3 Å². The van der Waals surface area contributed by atoms with Gasteiger partial charge in [0, 0.05) is 6.61 Å². The second kappa shape index (κ2) is 4.52. The van der Waals surface area contributed by atoms with Crippen molar-refractivity contribution >= 4 is 0 Å². The smallest absolute Gasteiger partial charge is 0.221 e. The highest BCUT2D eigenvalue weighted by atomic mass is 16.7. The highest BCUT2D eigenvalue weighted by molar-refractivity contribution is 4.96. The van der Waals surface area contributed by atoms with Crippen molar-refractivity contribution in [2.45, 2.75) is 31.0 Å². The van der Waals surface area contributed by atoms with Crippen molar-refractivity contribution < 1.29 is 29.9 Å². The Hall–Kier alpha value is -0.240. The number of hydrogen-bond acceptors (Lipinski definition) is 6. The molecule has 0 spiro atoms. The lowest BCUT2D eigenvalue weighted by atomic mass is 10.1. The molecule has 0 aromatic carbocycles. The number of aliphatic hydroxyl groups excluding tert-OH is 4. The van der Waals surface area contributed by atoms with Crippen LogP contribution in [0.4, 0.5) is 0 Å². The largest absolute Gasteiger partial charge is 0.394 e. The van der Waals surface area contributed by atoms with Crippen LogP contribution >= 0.6 is 0 Å². The van der Waals surface area contributed by atoms with Crippen molar-refractivity contribution in [2.24, 2.45) is 0 Å². The van der Waals surface area contributed by atoms with E-state index >= 15 is 0 Å². The van der Waals surface area contributed by atoms with Gasteiger partial charge in [0.15, 0.2) is 0 Å². The fourth-order valence-corrected chi connectivity index (χ4v) is 1.54. The highest BCUT2D eigenvalue weighted by Crippen LogP contribution is 2.31. The van der Waals surface area contributed by atoms with Crippen LogP contribution in [-0.4, -0.2) is 64.3 Å². The van der Waals surface area contributed by atoms with Crippen LogP contribution in [-0.2, 0) is 9.47 Å². The molecule has 84 valence electrons. The molecule has 1 fully saturated rings. The van der Waals surface area contributed by atoms with Gasteiger partial charge in [-0.15, -0.1) is 0 Å². The van der Waals surface area contributed by atoms with Gasteiger partial charge in [0.25, 0.3) is 0 Å². The number of hydrogen-bond donors (Lipinski definition) is 4. The lowest BCUT2D eigenvalue weighted by molar-refractivity contribution is -0.274. The Kier molecular flexibility index (Phi) is 3.82. The molecule has 1 heterocycles. The molecule has 4 atom stereocenters. The third-order valence-electron chi connectivity index (χ3n) is 2.29. The summed E-state index contributed by atoms with van der Waals surface area (Å²) in [4.78, 5) is 0. The van der Waals surface area contributed by atoms with E-state index in [1.807, 2.05) is 0 Å². The molecule has 1 rings (SSSR count). The summed E-state index contributed by atoms with van der Waals surface area (Å²) in [6.07, 6.45) is -3.54. The van der Waals surface area contributed by atoms with Gasteiger partial charge in [0.1, 0.15) is 24.9 Å². The molecule has 1 unspecified atom stereocenters. The van der Waals surface area contributed by atoms with Gasteiger partial charge in [-0.05, 0) is 6.92 Å². The van der Waals surface area contributed by atoms with Gasteiger partial charge < -0.3 is 29.9 Å². The predicted octanol–water partition coefficient (Wildman–Crippen LogP) is -2.18. The van der Waals surface area contributed by atoms with Crippen LogP contribution in [0, 0.1) is 0 Å². The highest BCUT2D eigenvalue weighted by Gasteiger charge is 2.54. The summed E-state index contributed by atoms with van der Waals surface area (Å²) in [7, 11) is 0. The molecule has 0 saturated carbocycles. The molecule has 0 amide bonds. The van der Waals surface area contributed by atoms with Crippen molar-refractivity contribution in [3.05, 3.63) is 0 Å². The first-order chi connectivity index (χ1) is 6.61. The molecule has 0 bridgehead atoms. The summed E-state index contributed by atoms with van der Waals surface area (Å²) < 4.78 is 10.2. The number of ether oxygens (including phenoxy) is 2. The van der Waals surface area contributed by atoms with Crippen LogP contribution in [0.2, 0.25) is 0 Å². The third-order valence-corrected chi connectivity index (χ3v) is 2.29. The van der Waals surface area contributed by atoms with Crippen molar-refractivity contribution in [2.75, 3.05) is 19.8 Å². The third kappa shape index (κ3) is 1.77. The van der Waals surface area contributed by atoms with E-state index in [9.17, 15) is 10.2 Å². The Labute approximate surface area is 81.7 Å². The maximum atomic E-state index is 9.57. The molecule has 14 heavy (non-hydrogen) atoms. The second-order valence-electron chi connectivity index (χ2n) is 3.18. The van der Waals surface area contributed by atoms with Crippen LogP contribution in [0.15, 0.2) is 0 Å². The Balaban J connectivity index is 2.78.